The van der Waals surface area contributed by atoms with Gasteiger partial charge in [0.1, 0.15) is 5.82 Å². The van der Waals surface area contributed by atoms with Crippen molar-refractivity contribution < 1.29 is 4.39 Å². The maximum Gasteiger partial charge on any atom is 0.258 e. The summed E-state index contributed by atoms with van der Waals surface area (Å²) in [5, 5.41) is 1.82. The predicted octanol–water partition coefficient (Wildman–Crippen LogP) is 4.51. The predicted molar refractivity (Wildman–Crippen MR) is 99.4 cm³/mol. The number of benzene rings is 2. The van der Waals surface area contributed by atoms with E-state index in [1.54, 1.807) is 19.3 Å². The monoisotopic (exact) mass is 332 g/mol. The summed E-state index contributed by atoms with van der Waals surface area (Å²) in [5.74, 6) is -0.348. The van der Waals surface area contributed by atoms with Gasteiger partial charge in [-0.3, -0.25) is 9.78 Å². The van der Waals surface area contributed by atoms with E-state index in [4.69, 9.17) is 0 Å². The van der Waals surface area contributed by atoms with Crippen molar-refractivity contribution in [1.82, 2.24) is 9.55 Å². The van der Waals surface area contributed by atoms with Gasteiger partial charge in [-0.15, -0.1) is 0 Å². The number of nitrogens with zero attached hydrogens (tertiary/aromatic N) is 2. The molecule has 0 atom stereocenters. The minimum absolute atomic E-state index is 0.135. The van der Waals surface area contributed by atoms with Gasteiger partial charge in [0.2, 0.25) is 0 Å². The molecule has 4 rings (SSSR count). The van der Waals surface area contributed by atoms with Crippen LogP contribution in [0, 0.1) is 19.7 Å². The van der Waals surface area contributed by atoms with E-state index in [9.17, 15) is 9.18 Å². The summed E-state index contributed by atoms with van der Waals surface area (Å²) in [4.78, 5) is 17.5. The molecule has 0 radical (unpaired) electrons. The molecule has 0 aliphatic carbocycles. The third-order valence-corrected chi connectivity index (χ3v) is 4.86. The second-order valence-electron chi connectivity index (χ2n) is 6.36. The van der Waals surface area contributed by atoms with Gasteiger partial charge in [0, 0.05) is 24.0 Å². The molecule has 2 aromatic carbocycles. The fourth-order valence-corrected chi connectivity index (χ4v) is 3.52. The highest BCUT2D eigenvalue weighted by molar-refractivity contribution is 5.99. The van der Waals surface area contributed by atoms with E-state index in [0.29, 0.717) is 11.1 Å². The first-order chi connectivity index (χ1) is 12.0. The molecule has 3 nitrogen and oxygen atoms in total. The fourth-order valence-electron chi connectivity index (χ4n) is 3.52. The molecule has 0 saturated carbocycles. The molecule has 0 N–H and O–H groups in total. The van der Waals surface area contributed by atoms with E-state index in [0.717, 1.165) is 33.0 Å². The number of aryl methyl sites for hydroxylation is 3. The van der Waals surface area contributed by atoms with Crippen LogP contribution < -0.4 is 5.56 Å². The first-order valence-electron chi connectivity index (χ1n) is 8.12. The van der Waals surface area contributed by atoms with Crippen LogP contribution in [0.5, 0.6) is 0 Å². The van der Waals surface area contributed by atoms with Crippen LogP contribution >= 0.6 is 0 Å². The first kappa shape index (κ1) is 15.5. The van der Waals surface area contributed by atoms with Gasteiger partial charge >= 0.3 is 0 Å². The summed E-state index contributed by atoms with van der Waals surface area (Å²) in [6.07, 6.45) is 1.76. The van der Waals surface area contributed by atoms with Crippen molar-refractivity contribution in [3.8, 4) is 11.1 Å². The maximum absolute atomic E-state index is 13.6. The van der Waals surface area contributed by atoms with Crippen LogP contribution in [0.25, 0.3) is 32.9 Å². The summed E-state index contributed by atoms with van der Waals surface area (Å²) < 4.78 is 15.1. The van der Waals surface area contributed by atoms with E-state index in [1.165, 1.54) is 16.7 Å². The lowest BCUT2D eigenvalue weighted by Gasteiger charge is -2.15. The van der Waals surface area contributed by atoms with Crippen molar-refractivity contribution in [2.45, 2.75) is 13.8 Å². The van der Waals surface area contributed by atoms with Crippen molar-refractivity contribution in [1.29, 1.82) is 0 Å². The molecule has 4 aromatic rings. The number of fused-ring (bicyclic) bond motifs is 2. The number of hydrogen-bond acceptors (Lipinski definition) is 2. The van der Waals surface area contributed by atoms with E-state index < -0.39 is 0 Å². The fraction of sp³-hybridized carbons (Fsp3) is 0.143. The van der Waals surface area contributed by atoms with Gasteiger partial charge in [-0.05, 0) is 54.8 Å². The van der Waals surface area contributed by atoms with Crippen molar-refractivity contribution >= 4 is 21.8 Å². The third-order valence-electron chi connectivity index (χ3n) is 4.86. The van der Waals surface area contributed by atoms with Gasteiger partial charge in [0.25, 0.3) is 5.56 Å². The summed E-state index contributed by atoms with van der Waals surface area (Å²) in [5.41, 5.74) is 4.77. The number of pyridine rings is 2. The lowest BCUT2D eigenvalue weighted by molar-refractivity contribution is 0.628. The molecule has 0 spiro atoms. The Morgan fingerprint density at radius 2 is 1.84 bits per heavy atom. The van der Waals surface area contributed by atoms with Crippen LogP contribution in [-0.2, 0) is 7.05 Å². The highest BCUT2D eigenvalue weighted by Crippen LogP contribution is 2.32. The normalized spacial score (nSPS) is 11.4. The van der Waals surface area contributed by atoms with E-state index in [-0.39, 0.29) is 11.4 Å². The van der Waals surface area contributed by atoms with Gasteiger partial charge < -0.3 is 4.57 Å². The number of halogens is 1. The molecule has 2 aromatic heterocycles. The molecular weight excluding hydrogens is 315 g/mol. The van der Waals surface area contributed by atoms with Crippen molar-refractivity contribution in [2.24, 2.45) is 7.05 Å². The lowest BCUT2D eigenvalue weighted by atomic mass is 9.94. The Hall–Kier alpha value is -3.01. The Bertz CT molecular complexity index is 1210. The van der Waals surface area contributed by atoms with E-state index in [2.05, 4.69) is 4.98 Å². The molecule has 2 heterocycles. The SMILES string of the molecule is Cc1c(-c2ccc(C)c3ncccc23)c(=O)n(C)c2cc(F)ccc12. The van der Waals surface area contributed by atoms with Gasteiger partial charge in [-0.2, -0.15) is 0 Å². The molecular formula is C21H17FN2O. The summed E-state index contributed by atoms with van der Waals surface area (Å²) in [6, 6.07) is 12.4. The van der Waals surface area contributed by atoms with Crippen LogP contribution in [0.3, 0.4) is 0 Å². The molecule has 0 aliphatic rings. The van der Waals surface area contributed by atoms with Crippen LogP contribution in [-0.4, -0.2) is 9.55 Å². The lowest BCUT2D eigenvalue weighted by Crippen LogP contribution is -2.20. The highest BCUT2D eigenvalue weighted by Gasteiger charge is 2.17. The van der Waals surface area contributed by atoms with Gasteiger partial charge in [-0.25, -0.2) is 4.39 Å². The summed E-state index contributed by atoms with van der Waals surface area (Å²) in [7, 11) is 1.68. The summed E-state index contributed by atoms with van der Waals surface area (Å²) >= 11 is 0. The van der Waals surface area contributed by atoms with Gasteiger partial charge in [-0.1, -0.05) is 18.2 Å². The second-order valence-corrected chi connectivity index (χ2v) is 6.36. The molecule has 4 heteroatoms. The zero-order valence-electron chi connectivity index (χ0n) is 14.3. The quantitative estimate of drug-likeness (QED) is 0.514. The topological polar surface area (TPSA) is 34.9 Å². The zero-order chi connectivity index (χ0) is 17.7. The minimum Gasteiger partial charge on any atom is -0.311 e. The molecule has 25 heavy (non-hydrogen) atoms. The Morgan fingerprint density at radius 3 is 2.64 bits per heavy atom. The smallest absolute Gasteiger partial charge is 0.258 e. The van der Waals surface area contributed by atoms with Gasteiger partial charge in [0.05, 0.1) is 16.6 Å². The number of hydrogen-bond donors (Lipinski definition) is 0. The maximum atomic E-state index is 13.6. The Morgan fingerprint density at radius 1 is 1.04 bits per heavy atom. The van der Waals surface area contributed by atoms with Crippen LogP contribution in [0.4, 0.5) is 4.39 Å². The minimum atomic E-state index is -0.348. The Balaban J connectivity index is 2.18. The molecule has 0 aliphatic heterocycles. The standard InChI is InChI=1S/C21H17FN2O/c1-12-6-8-16(17-5-4-10-23-20(12)17)19-13(2)15-9-7-14(22)11-18(15)24(3)21(19)25/h4-11H,1-3H3. The van der Waals surface area contributed by atoms with Crippen molar-refractivity contribution in [3.05, 3.63) is 76.0 Å². The average molecular weight is 332 g/mol. The molecule has 0 fully saturated rings. The van der Waals surface area contributed by atoms with Crippen molar-refractivity contribution in [3.63, 3.8) is 0 Å². The van der Waals surface area contributed by atoms with Crippen LogP contribution in [0.1, 0.15) is 11.1 Å². The first-order valence-corrected chi connectivity index (χ1v) is 8.12. The largest absolute Gasteiger partial charge is 0.311 e. The van der Waals surface area contributed by atoms with E-state index in [1.807, 2.05) is 38.1 Å². The molecule has 0 unspecified atom stereocenters. The number of rotatable bonds is 1. The average Bonchev–Trinajstić information content (AvgIpc) is 2.62. The molecule has 0 bridgehead atoms. The van der Waals surface area contributed by atoms with Crippen LogP contribution in [0.15, 0.2) is 53.5 Å². The van der Waals surface area contributed by atoms with Crippen LogP contribution in [0.2, 0.25) is 0 Å². The highest BCUT2D eigenvalue weighted by atomic mass is 19.1. The molecule has 124 valence electrons. The van der Waals surface area contributed by atoms with Gasteiger partial charge in [0.15, 0.2) is 0 Å². The second kappa shape index (κ2) is 5.52. The Labute approximate surface area is 144 Å². The zero-order valence-corrected chi connectivity index (χ0v) is 14.3. The number of aromatic nitrogens is 2. The summed E-state index contributed by atoms with van der Waals surface area (Å²) in [6.45, 7) is 3.92. The van der Waals surface area contributed by atoms with E-state index >= 15 is 0 Å². The van der Waals surface area contributed by atoms with Crippen molar-refractivity contribution in [2.75, 3.05) is 0 Å². The Kier molecular flexibility index (Phi) is 3.42. The molecule has 0 saturated heterocycles. The molecule has 0 amide bonds. The third kappa shape index (κ3) is 2.25.